The molecule has 1 aromatic heterocycles. The summed E-state index contributed by atoms with van der Waals surface area (Å²) in [6.45, 7) is 4.55. The van der Waals surface area contributed by atoms with E-state index in [9.17, 15) is 4.79 Å². The lowest BCUT2D eigenvalue weighted by Crippen LogP contribution is -2.32. The number of anilines is 2. The third kappa shape index (κ3) is 3.19. The van der Waals surface area contributed by atoms with Crippen molar-refractivity contribution < 1.29 is 4.79 Å². The Hall–Kier alpha value is -2.75. The molecule has 0 saturated carbocycles. The first-order valence-corrected chi connectivity index (χ1v) is 9.32. The molecule has 4 heteroatoms. The molecule has 4 nitrogen and oxygen atoms in total. The van der Waals surface area contributed by atoms with Crippen molar-refractivity contribution in [2.75, 3.05) is 23.3 Å². The normalized spacial score (nSPS) is 15.4. The Morgan fingerprint density at radius 1 is 1.04 bits per heavy atom. The van der Waals surface area contributed by atoms with Gasteiger partial charge in [0.2, 0.25) is 0 Å². The maximum absolute atomic E-state index is 12.7. The molecule has 2 heterocycles. The lowest BCUT2D eigenvalue weighted by molar-refractivity contribution is 0.102. The molecular formula is C22H25N3O. The first-order chi connectivity index (χ1) is 12.6. The number of para-hydroxylation sites is 1. The zero-order valence-corrected chi connectivity index (χ0v) is 15.4. The minimum Gasteiger partial charge on any atom is -0.372 e. The molecule has 1 aliphatic heterocycles. The summed E-state index contributed by atoms with van der Waals surface area (Å²) in [5.41, 5.74) is 3.83. The fourth-order valence-corrected chi connectivity index (χ4v) is 3.74. The number of carbonyl (C=O) groups is 1. The van der Waals surface area contributed by atoms with Crippen LogP contribution < -0.4 is 10.2 Å². The largest absolute Gasteiger partial charge is 0.372 e. The van der Waals surface area contributed by atoms with Crippen LogP contribution in [0.1, 0.15) is 30.1 Å². The van der Waals surface area contributed by atoms with E-state index in [0.29, 0.717) is 5.56 Å². The van der Waals surface area contributed by atoms with E-state index in [2.05, 4.69) is 29.3 Å². The van der Waals surface area contributed by atoms with Crippen LogP contribution in [0.5, 0.6) is 0 Å². The number of fused-ring (bicyclic) bond motifs is 1. The number of benzene rings is 2. The van der Waals surface area contributed by atoms with Crippen LogP contribution in [0.3, 0.4) is 0 Å². The van der Waals surface area contributed by atoms with Crippen molar-refractivity contribution in [1.29, 1.82) is 0 Å². The molecule has 0 aliphatic carbocycles. The van der Waals surface area contributed by atoms with Crippen molar-refractivity contribution in [3.05, 3.63) is 60.3 Å². The number of aromatic nitrogens is 1. The van der Waals surface area contributed by atoms with E-state index in [1.807, 2.05) is 54.2 Å². The van der Waals surface area contributed by atoms with Crippen molar-refractivity contribution in [3.8, 4) is 0 Å². The van der Waals surface area contributed by atoms with Crippen LogP contribution in [0.2, 0.25) is 0 Å². The molecule has 0 radical (unpaired) electrons. The zero-order valence-electron chi connectivity index (χ0n) is 15.4. The third-order valence-corrected chi connectivity index (χ3v) is 5.42. The van der Waals surface area contributed by atoms with Crippen LogP contribution in [0.25, 0.3) is 10.9 Å². The van der Waals surface area contributed by atoms with Crippen molar-refractivity contribution >= 4 is 28.2 Å². The average Bonchev–Trinajstić information content (AvgIpc) is 3.00. The topological polar surface area (TPSA) is 37.3 Å². The van der Waals surface area contributed by atoms with Crippen LogP contribution in [-0.2, 0) is 7.05 Å². The van der Waals surface area contributed by atoms with E-state index in [-0.39, 0.29) is 5.91 Å². The van der Waals surface area contributed by atoms with Gasteiger partial charge in [-0.05, 0) is 49.1 Å². The van der Waals surface area contributed by atoms with Gasteiger partial charge in [-0.2, -0.15) is 0 Å². The highest BCUT2D eigenvalue weighted by molar-refractivity contribution is 6.13. The molecule has 1 aliphatic rings. The van der Waals surface area contributed by atoms with Gasteiger partial charge in [-0.1, -0.05) is 25.1 Å². The SMILES string of the molecule is CC1CCN(c2ccc(NC(=O)c3cn(C)c4ccccc34)cc2)CC1. The van der Waals surface area contributed by atoms with E-state index in [1.165, 1.54) is 18.5 Å². The van der Waals surface area contributed by atoms with Gasteiger partial charge in [0.1, 0.15) is 0 Å². The summed E-state index contributed by atoms with van der Waals surface area (Å²) in [4.78, 5) is 15.2. The minimum atomic E-state index is -0.0682. The summed E-state index contributed by atoms with van der Waals surface area (Å²) in [6.07, 6.45) is 4.39. The number of piperidine rings is 1. The van der Waals surface area contributed by atoms with Gasteiger partial charge >= 0.3 is 0 Å². The van der Waals surface area contributed by atoms with Gasteiger partial charge in [0.05, 0.1) is 5.56 Å². The molecule has 2 aromatic carbocycles. The Morgan fingerprint density at radius 2 is 1.73 bits per heavy atom. The number of rotatable bonds is 3. The number of amides is 1. The number of nitrogens with zero attached hydrogens (tertiary/aromatic N) is 2. The maximum atomic E-state index is 12.7. The van der Waals surface area contributed by atoms with Gasteiger partial charge in [-0.15, -0.1) is 0 Å². The van der Waals surface area contributed by atoms with Gasteiger partial charge in [-0.25, -0.2) is 0 Å². The fraction of sp³-hybridized carbons (Fsp3) is 0.318. The monoisotopic (exact) mass is 347 g/mol. The van der Waals surface area contributed by atoms with E-state index >= 15 is 0 Å². The first-order valence-electron chi connectivity index (χ1n) is 9.32. The molecule has 26 heavy (non-hydrogen) atoms. The molecule has 4 rings (SSSR count). The molecule has 1 fully saturated rings. The van der Waals surface area contributed by atoms with Crippen molar-refractivity contribution in [3.63, 3.8) is 0 Å². The van der Waals surface area contributed by atoms with Gasteiger partial charge in [0, 0.05) is 48.6 Å². The van der Waals surface area contributed by atoms with Gasteiger partial charge < -0.3 is 14.8 Å². The van der Waals surface area contributed by atoms with E-state index in [0.717, 1.165) is 35.6 Å². The van der Waals surface area contributed by atoms with E-state index in [4.69, 9.17) is 0 Å². The summed E-state index contributed by atoms with van der Waals surface area (Å²) in [5, 5.41) is 4.01. The molecular weight excluding hydrogens is 322 g/mol. The highest BCUT2D eigenvalue weighted by Crippen LogP contribution is 2.25. The Balaban J connectivity index is 1.49. The quantitative estimate of drug-likeness (QED) is 0.748. The number of hydrogen-bond donors (Lipinski definition) is 1. The molecule has 0 atom stereocenters. The Bertz CT molecular complexity index is 918. The fourth-order valence-electron chi connectivity index (χ4n) is 3.74. The smallest absolute Gasteiger partial charge is 0.257 e. The minimum absolute atomic E-state index is 0.0682. The van der Waals surface area contributed by atoms with E-state index < -0.39 is 0 Å². The average molecular weight is 347 g/mol. The second kappa shape index (κ2) is 6.87. The molecule has 0 spiro atoms. The Kier molecular flexibility index (Phi) is 4.41. The molecule has 0 bridgehead atoms. The van der Waals surface area contributed by atoms with Crippen LogP contribution >= 0.6 is 0 Å². The molecule has 0 unspecified atom stereocenters. The number of nitrogens with one attached hydrogen (secondary N) is 1. The molecule has 134 valence electrons. The second-order valence-corrected chi connectivity index (χ2v) is 7.34. The molecule has 1 saturated heterocycles. The van der Waals surface area contributed by atoms with Crippen molar-refractivity contribution in [2.45, 2.75) is 19.8 Å². The standard InChI is InChI=1S/C22H25N3O/c1-16-11-13-25(14-12-16)18-9-7-17(8-10-18)23-22(26)20-15-24(2)21-6-4-3-5-19(20)21/h3-10,15-16H,11-14H2,1-2H3,(H,23,26). The Labute approximate surface area is 154 Å². The van der Waals surface area contributed by atoms with E-state index in [1.54, 1.807) is 0 Å². The van der Waals surface area contributed by atoms with Crippen molar-refractivity contribution in [2.24, 2.45) is 13.0 Å². The summed E-state index contributed by atoms with van der Waals surface area (Å²) >= 11 is 0. The third-order valence-electron chi connectivity index (χ3n) is 5.42. The van der Waals surface area contributed by atoms with Gasteiger partial charge in [-0.3, -0.25) is 4.79 Å². The number of hydrogen-bond acceptors (Lipinski definition) is 2. The predicted molar refractivity (Wildman–Crippen MR) is 108 cm³/mol. The number of carbonyl (C=O) groups excluding carboxylic acids is 1. The Morgan fingerprint density at radius 3 is 2.46 bits per heavy atom. The summed E-state index contributed by atoms with van der Waals surface area (Å²) < 4.78 is 1.99. The highest BCUT2D eigenvalue weighted by Gasteiger charge is 2.17. The number of aryl methyl sites for hydroxylation is 1. The summed E-state index contributed by atoms with van der Waals surface area (Å²) in [5.74, 6) is 0.756. The summed E-state index contributed by atoms with van der Waals surface area (Å²) in [7, 11) is 1.97. The lowest BCUT2D eigenvalue weighted by atomic mass is 9.99. The molecule has 3 aromatic rings. The van der Waals surface area contributed by atoms with Crippen LogP contribution in [0, 0.1) is 5.92 Å². The van der Waals surface area contributed by atoms with Crippen molar-refractivity contribution in [1.82, 2.24) is 4.57 Å². The maximum Gasteiger partial charge on any atom is 0.257 e. The predicted octanol–water partition coefficient (Wildman–Crippen LogP) is 4.67. The van der Waals surface area contributed by atoms with Gasteiger partial charge in [0.25, 0.3) is 5.91 Å². The lowest BCUT2D eigenvalue weighted by Gasteiger charge is -2.32. The van der Waals surface area contributed by atoms with Crippen LogP contribution in [-0.4, -0.2) is 23.6 Å². The van der Waals surface area contributed by atoms with Crippen LogP contribution in [0.15, 0.2) is 54.7 Å². The summed E-state index contributed by atoms with van der Waals surface area (Å²) in [6, 6.07) is 16.2. The second-order valence-electron chi connectivity index (χ2n) is 7.34. The van der Waals surface area contributed by atoms with Gasteiger partial charge in [0.15, 0.2) is 0 Å². The molecule has 1 N–H and O–H groups in total. The zero-order chi connectivity index (χ0) is 18.1. The highest BCUT2D eigenvalue weighted by atomic mass is 16.1. The first kappa shape index (κ1) is 16.7. The molecule has 1 amide bonds. The van der Waals surface area contributed by atoms with Crippen LogP contribution in [0.4, 0.5) is 11.4 Å².